The molecule has 154 valence electrons. The Morgan fingerprint density at radius 2 is 1.39 bits per heavy atom. The van der Waals surface area contributed by atoms with Gasteiger partial charge in [-0.25, -0.2) is 4.79 Å². The van der Waals surface area contributed by atoms with Gasteiger partial charge >= 0.3 is 5.97 Å². The lowest BCUT2D eigenvalue weighted by Crippen LogP contribution is -2.05. The summed E-state index contributed by atoms with van der Waals surface area (Å²) in [6, 6.07) is 20.7. The number of rotatable bonds is 5. The molecule has 0 fully saturated rings. The van der Waals surface area contributed by atoms with E-state index in [-0.39, 0.29) is 16.8 Å². The van der Waals surface area contributed by atoms with E-state index in [1.807, 2.05) is 0 Å². The minimum atomic E-state index is -1.09. The quantitative estimate of drug-likeness (QED) is 0.378. The van der Waals surface area contributed by atoms with Crippen LogP contribution in [0.1, 0.15) is 26.3 Å². The third kappa shape index (κ3) is 3.65. The molecule has 0 unspecified atom stereocenters. The van der Waals surface area contributed by atoms with Crippen molar-refractivity contribution in [2.45, 2.75) is 0 Å². The van der Waals surface area contributed by atoms with E-state index >= 15 is 0 Å². The van der Waals surface area contributed by atoms with Crippen LogP contribution in [0.5, 0.6) is 11.6 Å². The minimum absolute atomic E-state index is 0.0632. The summed E-state index contributed by atoms with van der Waals surface area (Å²) >= 11 is 6.01. The van der Waals surface area contributed by atoms with Crippen molar-refractivity contribution >= 4 is 23.4 Å². The van der Waals surface area contributed by atoms with E-state index in [0.29, 0.717) is 21.8 Å². The molecule has 0 aliphatic carbocycles. The van der Waals surface area contributed by atoms with Crippen LogP contribution in [0.25, 0.3) is 16.9 Å². The minimum Gasteiger partial charge on any atom is -0.503 e. The maximum atomic E-state index is 13.3. The molecule has 0 aliphatic rings. The van der Waals surface area contributed by atoms with Crippen LogP contribution in [0.3, 0.4) is 0 Å². The lowest BCUT2D eigenvalue weighted by Gasteiger charge is -2.12. The Labute approximate surface area is 182 Å². The predicted molar refractivity (Wildman–Crippen MR) is 116 cm³/mol. The Bertz CT molecular complexity index is 1280. The maximum absolute atomic E-state index is 13.3. The second kappa shape index (κ2) is 8.01. The van der Waals surface area contributed by atoms with Gasteiger partial charge in [-0.2, -0.15) is 0 Å². The first-order chi connectivity index (χ1) is 14.9. The average Bonchev–Trinajstić information content (AvgIpc) is 3.05. The lowest BCUT2D eigenvalue weighted by molar-refractivity contribution is 0.0696. The molecule has 6 nitrogen and oxygen atoms in total. The predicted octanol–water partition coefficient (Wildman–Crippen LogP) is 5.14. The van der Waals surface area contributed by atoms with E-state index in [1.54, 1.807) is 54.6 Å². The number of benzene rings is 3. The number of ketones is 1. The van der Waals surface area contributed by atoms with Gasteiger partial charge in [0.1, 0.15) is 0 Å². The second-order valence-electron chi connectivity index (χ2n) is 6.79. The Hall–Kier alpha value is -4.03. The largest absolute Gasteiger partial charge is 0.503 e. The van der Waals surface area contributed by atoms with Gasteiger partial charge in [0.05, 0.1) is 16.8 Å². The van der Waals surface area contributed by atoms with E-state index in [1.165, 1.54) is 28.8 Å². The maximum Gasteiger partial charge on any atom is 0.335 e. The monoisotopic (exact) mass is 433 g/mol. The van der Waals surface area contributed by atoms with Gasteiger partial charge in [0.2, 0.25) is 5.88 Å². The summed E-state index contributed by atoms with van der Waals surface area (Å²) in [5, 5.41) is 31.1. The lowest BCUT2D eigenvalue weighted by atomic mass is 9.99. The normalized spacial score (nSPS) is 10.7. The summed E-state index contributed by atoms with van der Waals surface area (Å²) in [4.78, 5) is 24.5. The number of halogens is 1. The number of aromatic hydroxyl groups is 2. The standard InChI is InChI=1S/C24H16ClNO5/c25-17-10-6-14(7-11-17)20-19(21(27)15-4-2-1-3-5-15)22(28)23(29)26(20)18-12-8-16(9-13-18)24(30)31/h1-13,28-29H,(H,30,31). The molecule has 1 aromatic heterocycles. The van der Waals surface area contributed by atoms with Crippen LogP contribution in [0.4, 0.5) is 0 Å². The van der Waals surface area contributed by atoms with Crippen LogP contribution < -0.4 is 0 Å². The first kappa shape index (κ1) is 20.3. The van der Waals surface area contributed by atoms with Gasteiger partial charge in [0, 0.05) is 16.3 Å². The van der Waals surface area contributed by atoms with Crippen molar-refractivity contribution in [3.63, 3.8) is 0 Å². The first-order valence-electron chi connectivity index (χ1n) is 9.24. The molecular weight excluding hydrogens is 418 g/mol. The van der Waals surface area contributed by atoms with Gasteiger partial charge in [-0.1, -0.05) is 54.1 Å². The molecule has 4 aromatic rings. The number of hydrogen-bond donors (Lipinski definition) is 3. The molecule has 7 heteroatoms. The van der Waals surface area contributed by atoms with Crippen molar-refractivity contribution in [2.75, 3.05) is 0 Å². The zero-order chi connectivity index (χ0) is 22.1. The summed E-state index contributed by atoms with van der Waals surface area (Å²) in [7, 11) is 0. The molecule has 3 aromatic carbocycles. The molecule has 0 radical (unpaired) electrons. The Morgan fingerprint density at radius 3 is 1.97 bits per heavy atom. The van der Waals surface area contributed by atoms with Gasteiger partial charge in [-0.3, -0.25) is 9.36 Å². The SMILES string of the molecule is O=C(O)c1ccc(-n2c(O)c(O)c(C(=O)c3ccccc3)c2-c2ccc(Cl)cc2)cc1. The molecule has 0 amide bonds. The number of carbonyl (C=O) groups excluding carboxylic acids is 1. The van der Waals surface area contributed by atoms with E-state index in [2.05, 4.69) is 0 Å². The van der Waals surface area contributed by atoms with Gasteiger partial charge in [-0.05, 0) is 42.0 Å². The summed E-state index contributed by atoms with van der Waals surface area (Å²) < 4.78 is 1.31. The Kier molecular flexibility index (Phi) is 5.23. The van der Waals surface area contributed by atoms with Crippen molar-refractivity contribution in [3.05, 3.63) is 101 Å². The number of carbonyl (C=O) groups is 2. The van der Waals surface area contributed by atoms with Crippen LogP contribution in [0.2, 0.25) is 5.02 Å². The number of aromatic nitrogens is 1. The fourth-order valence-corrected chi connectivity index (χ4v) is 3.51. The zero-order valence-electron chi connectivity index (χ0n) is 16.0. The van der Waals surface area contributed by atoms with Crippen molar-refractivity contribution < 1.29 is 24.9 Å². The number of nitrogens with zero attached hydrogens (tertiary/aromatic N) is 1. The van der Waals surface area contributed by atoms with Crippen molar-refractivity contribution in [1.82, 2.24) is 4.57 Å². The van der Waals surface area contributed by atoms with Crippen LogP contribution in [-0.2, 0) is 0 Å². The van der Waals surface area contributed by atoms with E-state index in [0.717, 1.165) is 0 Å². The smallest absolute Gasteiger partial charge is 0.335 e. The fraction of sp³-hybridized carbons (Fsp3) is 0. The average molecular weight is 434 g/mol. The molecule has 4 rings (SSSR count). The Balaban J connectivity index is 2.00. The molecule has 0 aliphatic heterocycles. The van der Waals surface area contributed by atoms with Crippen molar-refractivity contribution in [1.29, 1.82) is 0 Å². The molecule has 0 saturated carbocycles. The highest BCUT2D eigenvalue weighted by molar-refractivity contribution is 6.30. The highest BCUT2D eigenvalue weighted by Crippen LogP contribution is 2.44. The summed E-state index contributed by atoms with van der Waals surface area (Å²) in [5.74, 6) is -2.67. The summed E-state index contributed by atoms with van der Waals surface area (Å²) in [6.07, 6.45) is 0. The first-order valence-corrected chi connectivity index (χ1v) is 9.62. The topological polar surface area (TPSA) is 99.8 Å². The van der Waals surface area contributed by atoms with Crippen LogP contribution in [0.15, 0.2) is 78.9 Å². The van der Waals surface area contributed by atoms with E-state index < -0.39 is 23.4 Å². The van der Waals surface area contributed by atoms with Gasteiger partial charge in [-0.15, -0.1) is 0 Å². The molecule has 0 spiro atoms. The van der Waals surface area contributed by atoms with E-state index in [4.69, 9.17) is 16.7 Å². The molecule has 3 N–H and O–H groups in total. The molecular formula is C24H16ClNO5. The number of carboxylic acids is 1. The van der Waals surface area contributed by atoms with Crippen molar-refractivity contribution in [2.24, 2.45) is 0 Å². The van der Waals surface area contributed by atoms with Crippen LogP contribution in [0, 0.1) is 0 Å². The number of carboxylic acid groups (broad SMARTS) is 1. The summed E-state index contributed by atoms with van der Waals surface area (Å²) in [6.45, 7) is 0. The van der Waals surface area contributed by atoms with Crippen molar-refractivity contribution in [3.8, 4) is 28.6 Å². The van der Waals surface area contributed by atoms with Crippen LogP contribution in [-0.4, -0.2) is 31.6 Å². The van der Waals surface area contributed by atoms with Gasteiger partial charge in [0.15, 0.2) is 11.5 Å². The Morgan fingerprint density at radius 1 is 0.774 bits per heavy atom. The third-order valence-corrected chi connectivity index (χ3v) is 5.13. The highest BCUT2D eigenvalue weighted by Gasteiger charge is 2.29. The van der Waals surface area contributed by atoms with Gasteiger partial charge in [0.25, 0.3) is 0 Å². The molecule has 0 atom stereocenters. The second-order valence-corrected chi connectivity index (χ2v) is 7.22. The number of aromatic carboxylic acids is 1. The fourth-order valence-electron chi connectivity index (χ4n) is 3.38. The summed E-state index contributed by atoms with van der Waals surface area (Å²) in [5.41, 5.74) is 1.48. The third-order valence-electron chi connectivity index (χ3n) is 4.87. The van der Waals surface area contributed by atoms with E-state index in [9.17, 15) is 19.8 Å². The molecule has 31 heavy (non-hydrogen) atoms. The molecule has 0 bridgehead atoms. The number of hydrogen-bond acceptors (Lipinski definition) is 4. The highest BCUT2D eigenvalue weighted by atomic mass is 35.5. The van der Waals surface area contributed by atoms with Gasteiger partial charge < -0.3 is 15.3 Å². The molecule has 1 heterocycles. The van der Waals surface area contributed by atoms with Crippen LogP contribution >= 0.6 is 11.6 Å². The molecule has 0 saturated heterocycles. The zero-order valence-corrected chi connectivity index (χ0v) is 16.7.